The molecule has 0 radical (unpaired) electrons. The molecule has 0 atom stereocenters. The van der Waals surface area contributed by atoms with Crippen LogP contribution in [0, 0.1) is 0 Å². The first-order chi connectivity index (χ1) is 6.97. The predicted molar refractivity (Wildman–Crippen MR) is 59.5 cm³/mol. The van der Waals surface area contributed by atoms with Gasteiger partial charge >= 0.3 is 0 Å². The van der Waals surface area contributed by atoms with Crippen molar-refractivity contribution in [3.8, 4) is 0 Å². The second kappa shape index (κ2) is 3.66. The van der Waals surface area contributed by atoms with Crippen LogP contribution in [0.1, 0.15) is 12.8 Å². The van der Waals surface area contributed by atoms with Gasteiger partial charge in [0.1, 0.15) is 0 Å². The van der Waals surface area contributed by atoms with Gasteiger partial charge in [-0.3, -0.25) is 0 Å². The van der Waals surface area contributed by atoms with Crippen molar-refractivity contribution < 1.29 is 8.42 Å². The number of anilines is 1. The maximum absolute atomic E-state index is 11.1. The summed E-state index contributed by atoms with van der Waals surface area (Å²) in [5.41, 5.74) is 0.630. The molecule has 2 rings (SSSR count). The SMILES string of the molecule is NS(=O)(=O)c1ccc(Cl)c(NC2CC2)c1. The van der Waals surface area contributed by atoms with E-state index in [0.717, 1.165) is 12.8 Å². The normalized spacial score (nSPS) is 16.4. The highest BCUT2D eigenvalue weighted by Gasteiger charge is 2.22. The van der Waals surface area contributed by atoms with Crippen LogP contribution in [0.25, 0.3) is 0 Å². The van der Waals surface area contributed by atoms with Crippen molar-refractivity contribution in [3.63, 3.8) is 0 Å². The maximum atomic E-state index is 11.1. The average Bonchev–Trinajstić information content (AvgIpc) is 2.90. The smallest absolute Gasteiger partial charge is 0.238 e. The predicted octanol–water partition coefficient (Wildman–Crippen LogP) is 1.56. The Bertz CT molecular complexity index is 483. The van der Waals surface area contributed by atoms with E-state index >= 15 is 0 Å². The molecule has 3 N–H and O–H groups in total. The summed E-state index contributed by atoms with van der Waals surface area (Å²) in [6.45, 7) is 0. The zero-order valence-corrected chi connectivity index (χ0v) is 9.48. The van der Waals surface area contributed by atoms with Crippen molar-refractivity contribution in [1.29, 1.82) is 0 Å². The van der Waals surface area contributed by atoms with Gasteiger partial charge < -0.3 is 5.32 Å². The van der Waals surface area contributed by atoms with Gasteiger partial charge in [-0.2, -0.15) is 0 Å². The van der Waals surface area contributed by atoms with Gasteiger partial charge in [0, 0.05) is 6.04 Å². The van der Waals surface area contributed by atoms with E-state index < -0.39 is 10.0 Å². The van der Waals surface area contributed by atoms with Crippen molar-refractivity contribution in [3.05, 3.63) is 23.2 Å². The first kappa shape index (κ1) is 10.7. The Morgan fingerprint density at radius 3 is 2.60 bits per heavy atom. The number of benzene rings is 1. The molecule has 1 aromatic rings. The minimum Gasteiger partial charge on any atom is -0.381 e. The monoisotopic (exact) mass is 246 g/mol. The number of sulfonamides is 1. The molecule has 1 fully saturated rings. The largest absolute Gasteiger partial charge is 0.381 e. The van der Waals surface area contributed by atoms with Crippen LogP contribution >= 0.6 is 11.6 Å². The summed E-state index contributed by atoms with van der Waals surface area (Å²) in [7, 11) is -3.66. The molecule has 0 unspecified atom stereocenters. The standard InChI is InChI=1S/C9H11ClN2O2S/c10-8-4-3-7(15(11,13)14)5-9(8)12-6-1-2-6/h3-6,12H,1-2H2,(H2,11,13,14). The fourth-order valence-corrected chi connectivity index (χ4v) is 1.95. The number of hydrogen-bond acceptors (Lipinski definition) is 3. The second-order valence-corrected chi connectivity index (χ2v) is 5.57. The molecule has 1 aliphatic carbocycles. The Morgan fingerprint density at radius 1 is 1.40 bits per heavy atom. The van der Waals surface area contributed by atoms with E-state index in [-0.39, 0.29) is 4.90 Å². The number of halogens is 1. The molecule has 0 saturated heterocycles. The number of hydrogen-bond donors (Lipinski definition) is 2. The van der Waals surface area contributed by atoms with E-state index in [4.69, 9.17) is 16.7 Å². The molecule has 82 valence electrons. The van der Waals surface area contributed by atoms with Gasteiger partial charge in [-0.15, -0.1) is 0 Å². The lowest BCUT2D eigenvalue weighted by Gasteiger charge is -2.08. The molecule has 0 aliphatic heterocycles. The first-order valence-electron chi connectivity index (χ1n) is 4.56. The number of nitrogens with one attached hydrogen (secondary N) is 1. The quantitative estimate of drug-likeness (QED) is 0.850. The van der Waals surface area contributed by atoms with E-state index in [0.29, 0.717) is 16.8 Å². The second-order valence-electron chi connectivity index (χ2n) is 3.61. The van der Waals surface area contributed by atoms with Crippen LogP contribution in [0.4, 0.5) is 5.69 Å². The summed E-state index contributed by atoms with van der Waals surface area (Å²) < 4.78 is 22.2. The summed E-state index contributed by atoms with van der Waals surface area (Å²) in [6, 6.07) is 4.82. The lowest BCUT2D eigenvalue weighted by atomic mass is 10.3. The van der Waals surface area contributed by atoms with Gasteiger partial charge in [0.05, 0.1) is 15.6 Å². The Morgan fingerprint density at radius 2 is 2.07 bits per heavy atom. The highest BCUT2D eigenvalue weighted by molar-refractivity contribution is 7.89. The number of rotatable bonds is 3. The summed E-state index contributed by atoms with van der Waals surface area (Å²) in [5.74, 6) is 0. The van der Waals surface area contributed by atoms with Gasteiger partial charge in [0.2, 0.25) is 10.0 Å². The molecule has 1 aromatic carbocycles. The molecule has 1 aliphatic rings. The lowest BCUT2D eigenvalue weighted by Crippen LogP contribution is -2.12. The molecule has 4 nitrogen and oxygen atoms in total. The molecule has 0 amide bonds. The summed E-state index contributed by atoms with van der Waals surface area (Å²) in [5, 5.41) is 8.68. The summed E-state index contributed by atoms with van der Waals surface area (Å²) in [4.78, 5) is 0.0788. The first-order valence-corrected chi connectivity index (χ1v) is 6.48. The van der Waals surface area contributed by atoms with Crippen LogP contribution in [0.5, 0.6) is 0 Å². The van der Waals surface area contributed by atoms with Crippen molar-refractivity contribution in [2.75, 3.05) is 5.32 Å². The number of primary sulfonamides is 1. The summed E-state index contributed by atoms with van der Waals surface area (Å²) in [6.07, 6.45) is 2.19. The van der Waals surface area contributed by atoms with Crippen LogP contribution in [-0.4, -0.2) is 14.5 Å². The van der Waals surface area contributed by atoms with Gasteiger partial charge in [-0.25, -0.2) is 13.6 Å². The molecule has 1 saturated carbocycles. The van der Waals surface area contributed by atoms with Gasteiger partial charge in [-0.05, 0) is 31.0 Å². The Balaban J connectivity index is 2.35. The van der Waals surface area contributed by atoms with Crippen molar-refractivity contribution >= 4 is 27.3 Å². The minimum atomic E-state index is -3.66. The third-order valence-corrected chi connectivity index (χ3v) is 3.44. The summed E-state index contributed by atoms with van der Waals surface area (Å²) >= 11 is 5.92. The zero-order chi connectivity index (χ0) is 11.1. The van der Waals surface area contributed by atoms with E-state index in [9.17, 15) is 8.42 Å². The topological polar surface area (TPSA) is 72.2 Å². The Kier molecular flexibility index (Phi) is 2.62. The van der Waals surface area contributed by atoms with Crippen LogP contribution in [-0.2, 0) is 10.0 Å². The minimum absolute atomic E-state index is 0.0788. The van der Waals surface area contributed by atoms with Gasteiger partial charge in [-0.1, -0.05) is 11.6 Å². The lowest BCUT2D eigenvalue weighted by molar-refractivity contribution is 0.598. The Hall–Kier alpha value is -0.780. The fourth-order valence-electron chi connectivity index (χ4n) is 1.24. The van der Waals surface area contributed by atoms with Crippen LogP contribution in [0.15, 0.2) is 23.1 Å². The zero-order valence-electron chi connectivity index (χ0n) is 7.90. The van der Waals surface area contributed by atoms with E-state index in [1.54, 1.807) is 0 Å². The fraction of sp³-hybridized carbons (Fsp3) is 0.333. The van der Waals surface area contributed by atoms with Crippen LogP contribution < -0.4 is 10.5 Å². The molecule has 0 aromatic heterocycles. The van der Waals surface area contributed by atoms with E-state index in [2.05, 4.69) is 5.32 Å². The molecule has 15 heavy (non-hydrogen) atoms. The molecule has 0 heterocycles. The molecule has 0 spiro atoms. The van der Waals surface area contributed by atoms with Crippen molar-refractivity contribution in [2.24, 2.45) is 5.14 Å². The van der Waals surface area contributed by atoms with Gasteiger partial charge in [0.25, 0.3) is 0 Å². The molecular weight excluding hydrogens is 236 g/mol. The van der Waals surface area contributed by atoms with Crippen LogP contribution in [0.3, 0.4) is 0 Å². The average molecular weight is 247 g/mol. The molecule has 0 bridgehead atoms. The van der Waals surface area contributed by atoms with E-state index in [1.165, 1.54) is 18.2 Å². The third kappa shape index (κ3) is 2.62. The third-order valence-electron chi connectivity index (χ3n) is 2.20. The molecule has 6 heteroatoms. The van der Waals surface area contributed by atoms with Crippen LogP contribution in [0.2, 0.25) is 5.02 Å². The van der Waals surface area contributed by atoms with Crippen molar-refractivity contribution in [2.45, 2.75) is 23.8 Å². The Labute approximate surface area is 93.5 Å². The van der Waals surface area contributed by atoms with Gasteiger partial charge in [0.15, 0.2) is 0 Å². The van der Waals surface area contributed by atoms with Crippen molar-refractivity contribution in [1.82, 2.24) is 0 Å². The highest BCUT2D eigenvalue weighted by atomic mass is 35.5. The highest BCUT2D eigenvalue weighted by Crippen LogP contribution is 2.30. The van der Waals surface area contributed by atoms with E-state index in [1.807, 2.05) is 0 Å². The number of nitrogens with two attached hydrogens (primary N) is 1. The molecular formula is C9H11ClN2O2S. The maximum Gasteiger partial charge on any atom is 0.238 e.